The average Bonchev–Trinajstić information content (AvgIpc) is 3.39. The van der Waals surface area contributed by atoms with Crippen LogP contribution in [-0.2, 0) is 20.7 Å². The quantitative estimate of drug-likeness (QED) is 0.344. The minimum Gasteiger partial charge on any atom is -0.465 e. The van der Waals surface area contributed by atoms with Gasteiger partial charge < -0.3 is 19.9 Å². The topological polar surface area (TPSA) is 82.2 Å². The van der Waals surface area contributed by atoms with Crippen LogP contribution in [-0.4, -0.2) is 80.8 Å². The predicted molar refractivity (Wildman–Crippen MR) is 162 cm³/mol. The predicted octanol–water partition coefficient (Wildman–Crippen LogP) is 4.18. The third kappa shape index (κ3) is 6.09. The lowest BCUT2D eigenvalue weighted by atomic mass is 9.90. The Kier molecular flexibility index (Phi) is 5.37. The lowest BCUT2D eigenvalue weighted by Crippen LogP contribution is -2.52. The number of hydrogen-bond acceptors (Lipinski definition) is 6. The number of likely N-dealkylation sites (N-methyl/N-ethyl adjacent to an activating group) is 2. The number of esters is 1. The number of nitrogens with one attached hydrogen (secondary N) is 1. The minimum absolute atomic E-state index is 0.121. The molecule has 8 heteroatoms. The van der Waals surface area contributed by atoms with Gasteiger partial charge in [0.15, 0.2) is 0 Å². The molecule has 212 valence electrons. The Morgan fingerprint density at radius 3 is 2.56 bits per heavy atom. The Morgan fingerprint density at radius 2 is 1.85 bits per heavy atom. The zero-order chi connectivity index (χ0) is 37.9. The summed E-state index contributed by atoms with van der Waals surface area (Å²) in [5, 5.41) is 2.81. The van der Waals surface area contributed by atoms with Gasteiger partial charge in [0.05, 0.1) is 24.8 Å². The first-order valence-corrected chi connectivity index (χ1v) is 12.8. The van der Waals surface area contributed by atoms with E-state index in [0.717, 1.165) is 19.5 Å². The van der Waals surface area contributed by atoms with Gasteiger partial charge in [-0.15, -0.1) is 0 Å². The Balaban J connectivity index is 1.50. The fourth-order valence-corrected chi connectivity index (χ4v) is 4.60. The number of piperazine rings is 1. The second kappa shape index (κ2) is 12.1. The first-order valence-electron chi connectivity index (χ1n) is 17.8. The number of carbonyl (C=O) groups is 3. The highest BCUT2D eigenvalue weighted by Crippen LogP contribution is 2.39. The van der Waals surface area contributed by atoms with E-state index < -0.39 is 56.8 Å². The number of fused-ring (bicyclic) bond motifs is 1. The van der Waals surface area contributed by atoms with Crippen molar-refractivity contribution in [1.82, 2.24) is 9.80 Å². The highest BCUT2D eigenvalue weighted by Gasteiger charge is 2.29. The molecule has 2 heterocycles. The summed E-state index contributed by atoms with van der Waals surface area (Å²) in [4.78, 5) is 40.5. The number of allylic oxidation sites excluding steroid dienone is 1. The van der Waals surface area contributed by atoms with Crippen molar-refractivity contribution in [3.63, 3.8) is 0 Å². The van der Waals surface area contributed by atoms with Crippen LogP contribution in [0.2, 0.25) is 0 Å². The van der Waals surface area contributed by atoms with Crippen LogP contribution < -0.4 is 10.2 Å². The number of rotatable bonds is 7. The number of methoxy groups -OCH3 is 1. The van der Waals surface area contributed by atoms with Gasteiger partial charge in [0.2, 0.25) is 5.91 Å². The second-order valence-electron chi connectivity index (χ2n) is 9.56. The van der Waals surface area contributed by atoms with Gasteiger partial charge in [-0.2, -0.15) is 0 Å². The van der Waals surface area contributed by atoms with Crippen molar-refractivity contribution in [2.24, 2.45) is 0 Å². The molecule has 41 heavy (non-hydrogen) atoms. The number of ether oxygens (including phenoxy) is 1. The van der Waals surface area contributed by atoms with Gasteiger partial charge in [0.1, 0.15) is 0 Å². The van der Waals surface area contributed by atoms with Gasteiger partial charge in [-0.25, -0.2) is 4.79 Å². The van der Waals surface area contributed by atoms with Gasteiger partial charge in [-0.3, -0.25) is 14.5 Å². The van der Waals surface area contributed by atoms with Crippen LogP contribution in [0.15, 0.2) is 72.8 Å². The highest BCUT2D eigenvalue weighted by molar-refractivity contribution is 6.37. The zero-order valence-electron chi connectivity index (χ0n) is 32.8. The van der Waals surface area contributed by atoms with Crippen LogP contribution in [0, 0.1) is 0 Å². The maximum atomic E-state index is 13.7. The van der Waals surface area contributed by atoms with Crippen molar-refractivity contribution in [3.8, 4) is 0 Å². The SMILES string of the molecule is [2H]C([2H])([2H])N(C(=O)CN1C([2H])([2H])C([2H])([2H])N(C)C([2H])(C)C1([2H])[2H])c1ccc(C/C(=C2\C(=O)Nc3cc(C(=O)OC)ccc32)c2ccccc2)cc1. The minimum atomic E-state index is -3.15. The molecule has 0 saturated carbocycles. The fraction of sp³-hybridized carbons (Fsp3) is 0.303. The molecule has 1 atom stereocenters. The largest absolute Gasteiger partial charge is 0.465 e. The second-order valence-corrected chi connectivity index (χ2v) is 9.56. The van der Waals surface area contributed by atoms with E-state index in [0.29, 0.717) is 37.8 Å². The number of anilines is 2. The number of hydrogen-bond donors (Lipinski definition) is 1. The summed E-state index contributed by atoms with van der Waals surface area (Å²) in [6.45, 7) is -12.3. The molecule has 1 saturated heterocycles. The Morgan fingerprint density at radius 1 is 1.10 bits per heavy atom. The Labute approximate surface area is 255 Å². The number of amides is 2. The molecule has 1 fully saturated rings. The van der Waals surface area contributed by atoms with E-state index >= 15 is 0 Å². The molecule has 1 unspecified atom stereocenters. The average molecular weight is 563 g/mol. The van der Waals surface area contributed by atoms with E-state index in [2.05, 4.69) is 5.32 Å². The standard InChI is InChI=1S/C33H36N4O4/c1-22-20-37(17-16-35(22)2)21-30(38)36(3)26-13-10-23(11-14-26)18-28(24-8-6-5-7-9-24)31-27-15-12-25(33(40)41-4)19-29(27)34-32(31)39/h5-15,19,22H,16-18,20-21H2,1-4H3,(H,34,39)/b31-28+/i3D3,16D2,17D2,20D2,22D. The summed E-state index contributed by atoms with van der Waals surface area (Å²) in [5.74, 6) is -2.20. The lowest BCUT2D eigenvalue weighted by molar-refractivity contribution is -0.120. The normalized spacial score (nSPS) is 27.8. The molecule has 0 spiro atoms. The molecule has 2 amide bonds. The molecule has 2 aliphatic heterocycles. The van der Waals surface area contributed by atoms with Gasteiger partial charge in [-0.05, 0) is 61.4 Å². The van der Waals surface area contributed by atoms with E-state index in [-0.39, 0.29) is 22.6 Å². The molecule has 0 radical (unpaired) electrons. The van der Waals surface area contributed by atoms with E-state index in [9.17, 15) is 14.4 Å². The summed E-state index contributed by atoms with van der Waals surface area (Å²) in [6.07, 6.45) is 0.186. The molecule has 0 bridgehead atoms. The van der Waals surface area contributed by atoms with Crippen LogP contribution in [0.1, 0.15) is 47.7 Å². The van der Waals surface area contributed by atoms with E-state index in [4.69, 9.17) is 18.4 Å². The van der Waals surface area contributed by atoms with E-state index in [1.165, 1.54) is 25.3 Å². The maximum absolute atomic E-state index is 13.7. The van der Waals surface area contributed by atoms with Crippen molar-refractivity contribution < 1.29 is 32.8 Å². The Bertz CT molecular complexity index is 1870. The monoisotopic (exact) mass is 562 g/mol. The van der Waals surface area contributed by atoms with Crippen LogP contribution >= 0.6 is 0 Å². The van der Waals surface area contributed by atoms with Crippen LogP contribution in [0.25, 0.3) is 11.1 Å². The summed E-state index contributed by atoms with van der Waals surface area (Å²) < 4.78 is 88.5. The number of benzene rings is 3. The van der Waals surface area contributed by atoms with Crippen molar-refractivity contribution in [2.75, 3.05) is 57.4 Å². The zero-order valence-corrected chi connectivity index (χ0v) is 22.8. The summed E-state index contributed by atoms with van der Waals surface area (Å²) in [5.41, 5.74) is 3.49. The third-order valence-corrected chi connectivity index (χ3v) is 6.88. The molecule has 3 aromatic rings. The fourth-order valence-electron chi connectivity index (χ4n) is 4.60. The van der Waals surface area contributed by atoms with E-state index in [1.807, 2.05) is 30.3 Å². The van der Waals surface area contributed by atoms with Gasteiger partial charge in [0.25, 0.3) is 5.91 Å². The van der Waals surface area contributed by atoms with Crippen LogP contribution in [0.5, 0.6) is 0 Å². The molecule has 0 aliphatic carbocycles. The number of carbonyl (C=O) groups excluding carboxylic acids is 3. The van der Waals surface area contributed by atoms with Gasteiger partial charge in [-0.1, -0.05) is 48.5 Å². The van der Waals surface area contributed by atoms with Gasteiger partial charge >= 0.3 is 5.97 Å². The first-order chi connectivity index (χ1) is 23.6. The summed E-state index contributed by atoms with van der Waals surface area (Å²) in [7, 11) is 2.32. The van der Waals surface area contributed by atoms with Crippen LogP contribution in [0.3, 0.4) is 0 Å². The van der Waals surface area contributed by atoms with Crippen molar-refractivity contribution >= 4 is 40.3 Å². The molecule has 0 aromatic heterocycles. The Hall–Kier alpha value is -4.27. The molecule has 8 nitrogen and oxygen atoms in total. The van der Waals surface area contributed by atoms with Gasteiger partial charge in [0, 0.05) is 63.1 Å². The van der Waals surface area contributed by atoms with Crippen molar-refractivity contribution in [3.05, 3.63) is 95.1 Å². The molecular formula is C33H36N4O4. The third-order valence-electron chi connectivity index (χ3n) is 6.88. The lowest BCUT2D eigenvalue weighted by Gasteiger charge is -2.37. The molecule has 1 N–H and O–H groups in total. The highest BCUT2D eigenvalue weighted by atomic mass is 16.5. The molecular weight excluding hydrogens is 516 g/mol. The molecule has 3 aromatic carbocycles. The van der Waals surface area contributed by atoms with E-state index in [1.54, 1.807) is 24.3 Å². The summed E-state index contributed by atoms with van der Waals surface area (Å²) in [6, 6.07) is 17.3. The van der Waals surface area contributed by atoms with Crippen molar-refractivity contribution in [2.45, 2.75) is 19.4 Å². The van der Waals surface area contributed by atoms with Crippen LogP contribution in [0.4, 0.5) is 11.4 Å². The number of nitrogens with zero attached hydrogens (tertiary/aromatic N) is 3. The maximum Gasteiger partial charge on any atom is 0.337 e. The molecule has 5 rings (SSSR count). The first kappa shape index (κ1) is 18.2. The smallest absolute Gasteiger partial charge is 0.337 e. The molecule has 2 aliphatic rings. The summed E-state index contributed by atoms with van der Waals surface area (Å²) >= 11 is 0. The van der Waals surface area contributed by atoms with Crippen molar-refractivity contribution in [1.29, 1.82) is 0 Å².